The van der Waals surface area contributed by atoms with Gasteiger partial charge in [0.25, 0.3) is 0 Å². The van der Waals surface area contributed by atoms with Gasteiger partial charge in [-0.3, -0.25) is 0 Å². The fraction of sp³-hybridized carbons (Fsp3) is 0.545. The lowest BCUT2D eigenvalue weighted by atomic mass is 10.2. The molecule has 0 aliphatic carbocycles. The first-order valence-electron chi connectivity index (χ1n) is 5.47. The van der Waals surface area contributed by atoms with Crippen LogP contribution in [0.5, 0.6) is 0 Å². The van der Waals surface area contributed by atoms with E-state index in [9.17, 15) is 13.2 Å². The van der Waals surface area contributed by atoms with Crippen LogP contribution in [0.1, 0.15) is 12.6 Å². The van der Waals surface area contributed by atoms with Gasteiger partial charge in [0.2, 0.25) is 0 Å². The minimum absolute atomic E-state index is 0.210. The van der Waals surface area contributed by atoms with Crippen LogP contribution in [0.2, 0.25) is 0 Å². The maximum absolute atomic E-state index is 12.5. The van der Waals surface area contributed by atoms with Crippen LogP contribution < -0.4 is 10.6 Å². The lowest BCUT2D eigenvalue weighted by Crippen LogP contribution is -2.24. The average Bonchev–Trinajstić information content (AvgIpc) is 2.28. The number of aromatic nitrogens is 1. The van der Waals surface area contributed by atoms with Gasteiger partial charge >= 0.3 is 6.18 Å². The van der Waals surface area contributed by atoms with Crippen LogP contribution in [0, 0.1) is 0 Å². The molecular formula is C11H16F3N3O. The Labute approximate surface area is 104 Å². The number of nitrogens with zero attached hydrogens (tertiary/aromatic N) is 2. The average molecular weight is 263 g/mol. The molecular weight excluding hydrogens is 247 g/mol. The molecule has 0 unspecified atom stereocenters. The highest BCUT2D eigenvalue weighted by atomic mass is 19.4. The third kappa shape index (κ3) is 3.76. The molecule has 0 saturated heterocycles. The minimum atomic E-state index is -4.47. The van der Waals surface area contributed by atoms with E-state index in [0.29, 0.717) is 25.4 Å². The molecule has 4 nitrogen and oxygen atoms in total. The summed E-state index contributed by atoms with van der Waals surface area (Å²) >= 11 is 0. The van der Waals surface area contributed by atoms with Gasteiger partial charge in [-0.15, -0.1) is 0 Å². The Balaban J connectivity index is 2.86. The minimum Gasteiger partial charge on any atom is -0.396 e. The number of halogens is 3. The molecule has 0 saturated carbocycles. The maximum Gasteiger partial charge on any atom is 0.433 e. The molecule has 1 heterocycles. The highest BCUT2D eigenvalue weighted by Crippen LogP contribution is 2.32. The van der Waals surface area contributed by atoms with Crippen LogP contribution >= 0.6 is 0 Å². The van der Waals surface area contributed by atoms with Crippen LogP contribution in [0.25, 0.3) is 0 Å². The summed E-state index contributed by atoms with van der Waals surface area (Å²) < 4.78 is 42.7. The van der Waals surface area contributed by atoms with Gasteiger partial charge in [0.1, 0.15) is 5.69 Å². The Morgan fingerprint density at radius 3 is 2.67 bits per heavy atom. The molecule has 18 heavy (non-hydrogen) atoms. The van der Waals surface area contributed by atoms with E-state index < -0.39 is 11.9 Å². The number of hydrogen-bond donors (Lipinski definition) is 1. The Morgan fingerprint density at radius 1 is 1.44 bits per heavy atom. The molecule has 0 fully saturated rings. The molecule has 0 aliphatic rings. The van der Waals surface area contributed by atoms with Gasteiger partial charge < -0.3 is 15.4 Å². The Morgan fingerprint density at radius 2 is 2.11 bits per heavy atom. The Kier molecular flexibility index (Phi) is 4.77. The van der Waals surface area contributed by atoms with Crippen molar-refractivity contribution >= 4 is 11.4 Å². The lowest BCUT2D eigenvalue weighted by Gasteiger charge is -2.21. The van der Waals surface area contributed by atoms with E-state index in [1.165, 1.54) is 0 Å². The molecule has 1 aromatic rings. The molecule has 0 spiro atoms. The van der Waals surface area contributed by atoms with Crippen molar-refractivity contribution in [2.24, 2.45) is 0 Å². The highest BCUT2D eigenvalue weighted by Gasteiger charge is 2.33. The number of ether oxygens (including phenoxy) is 1. The first-order valence-corrected chi connectivity index (χ1v) is 5.47. The zero-order chi connectivity index (χ0) is 13.8. The fourth-order valence-electron chi connectivity index (χ4n) is 1.41. The van der Waals surface area contributed by atoms with Crippen LogP contribution in [0.4, 0.5) is 24.5 Å². The quantitative estimate of drug-likeness (QED) is 0.827. The second-order valence-corrected chi connectivity index (χ2v) is 3.74. The van der Waals surface area contributed by atoms with Gasteiger partial charge in [-0.25, -0.2) is 4.98 Å². The highest BCUT2D eigenvalue weighted by molar-refractivity contribution is 5.66. The number of pyridine rings is 1. The summed E-state index contributed by atoms with van der Waals surface area (Å²) in [7, 11) is 1.66. The second kappa shape index (κ2) is 5.90. The van der Waals surface area contributed by atoms with Gasteiger partial charge in [0.05, 0.1) is 24.2 Å². The molecule has 0 bridgehead atoms. The number of likely N-dealkylation sites (N-methyl/N-ethyl adjacent to an activating group) is 1. The van der Waals surface area contributed by atoms with Gasteiger partial charge in [0, 0.05) is 20.2 Å². The molecule has 0 atom stereocenters. The predicted molar refractivity (Wildman–Crippen MR) is 63.4 cm³/mol. The van der Waals surface area contributed by atoms with E-state index >= 15 is 0 Å². The molecule has 2 N–H and O–H groups in total. The summed E-state index contributed by atoms with van der Waals surface area (Å²) in [6.07, 6.45) is -3.45. The monoisotopic (exact) mass is 263 g/mol. The number of alkyl halides is 3. The van der Waals surface area contributed by atoms with Crippen molar-refractivity contribution in [3.63, 3.8) is 0 Å². The predicted octanol–water partition coefficient (Wildman–Crippen LogP) is 2.16. The standard InChI is InChI=1S/C11H16F3N3O/c1-3-18-5-4-17(2)9-6-10(11(12,13)14)16-7-8(9)15/h6-7H,3-5,15H2,1-2H3. The summed E-state index contributed by atoms with van der Waals surface area (Å²) in [5.74, 6) is 0. The summed E-state index contributed by atoms with van der Waals surface area (Å²) in [4.78, 5) is 4.89. The van der Waals surface area contributed by atoms with Crippen LogP contribution in [0.15, 0.2) is 12.3 Å². The van der Waals surface area contributed by atoms with Crippen LogP contribution in [0.3, 0.4) is 0 Å². The number of anilines is 2. The molecule has 0 aromatic carbocycles. The SMILES string of the molecule is CCOCCN(C)c1cc(C(F)(F)F)ncc1N. The maximum atomic E-state index is 12.5. The molecule has 0 aliphatic heterocycles. The number of nitrogens with two attached hydrogens (primary N) is 1. The van der Waals surface area contributed by atoms with Crippen molar-refractivity contribution in [2.45, 2.75) is 13.1 Å². The Bertz CT molecular complexity index is 396. The van der Waals surface area contributed by atoms with E-state index in [-0.39, 0.29) is 5.69 Å². The lowest BCUT2D eigenvalue weighted by molar-refractivity contribution is -0.141. The van der Waals surface area contributed by atoms with Gasteiger partial charge in [-0.1, -0.05) is 0 Å². The van der Waals surface area contributed by atoms with Crippen molar-refractivity contribution < 1.29 is 17.9 Å². The van der Waals surface area contributed by atoms with Gasteiger partial charge in [0.15, 0.2) is 0 Å². The van der Waals surface area contributed by atoms with E-state index in [0.717, 1.165) is 12.3 Å². The topological polar surface area (TPSA) is 51.4 Å². The number of rotatable bonds is 5. The zero-order valence-electron chi connectivity index (χ0n) is 10.3. The third-order valence-corrected chi connectivity index (χ3v) is 2.39. The first kappa shape index (κ1) is 14.6. The molecule has 0 amide bonds. The van der Waals surface area contributed by atoms with E-state index in [1.54, 1.807) is 11.9 Å². The van der Waals surface area contributed by atoms with Crippen molar-refractivity contribution in [2.75, 3.05) is 37.4 Å². The van der Waals surface area contributed by atoms with E-state index in [1.807, 2.05) is 6.92 Å². The number of hydrogen-bond acceptors (Lipinski definition) is 4. The zero-order valence-corrected chi connectivity index (χ0v) is 10.3. The molecule has 1 rings (SSSR count). The smallest absolute Gasteiger partial charge is 0.396 e. The second-order valence-electron chi connectivity index (χ2n) is 3.74. The fourth-order valence-corrected chi connectivity index (χ4v) is 1.41. The van der Waals surface area contributed by atoms with Crippen molar-refractivity contribution in [1.82, 2.24) is 4.98 Å². The summed E-state index contributed by atoms with van der Waals surface area (Å²) in [5, 5.41) is 0. The summed E-state index contributed by atoms with van der Waals surface area (Å²) in [6.45, 7) is 3.30. The molecule has 1 aromatic heterocycles. The van der Waals surface area contributed by atoms with Crippen molar-refractivity contribution in [3.05, 3.63) is 18.0 Å². The molecule has 102 valence electrons. The summed E-state index contributed by atoms with van der Waals surface area (Å²) in [5.41, 5.74) is 5.19. The molecule has 7 heteroatoms. The van der Waals surface area contributed by atoms with Crippen LogP contribution in [-0.2, 0) is 10.9 Å². The Hall–Kier alpha value is -1.50. The van der Waals surface area contributed by atoms with Gasteiger partial charge in [-0.2, -0.15) is 13.2 Å². The van der Waals surface area contributed by atoms with E-state index in [4.69, 9.17) is 10.5 Å². The summed E-state index contributed by atoms with van der Waals surface area (Å²) in [6, 6.07) is 0.946. The van der Waals surface area contributed by atoms with Crippen molar-refractivity contribution in [3.8, 4) is 0 Å². The van der Waals surface area contributed by atoms with Crippen LogP contribution in [-0.4, -0.2) is 31.8 Å². The van der Waals surface area contributed by atoms with Crippen molar-refractivity contribution in [1.29, 1.82) is 0 Å². The molecule has 0 radical (unpaired) electrons. The third-order valence-electron chi connectivity index (χ3n) is 2.39. The van der Waals surface area contributed by atoms with E-state index in [2.05, 4.69) is 4.98 Å². The largest absolute Gasteiger partial charge is 0.433 e. The normalized spacial score (nSPS) is 11.6. The first-order chi connectivity index (χ1) is 8.36. The van der Waals surface area contributed by atoms with Gasteiger partial charge in [-0.05, 0) is 13.0 Å². The number of nitrogen functional groups attached to an aromatic ring is 1.